The topological polar surface area (TPSA) is 37.4 Å². The molecule has 3 nitrogen and oxygen atoms in total. The summed E-state index contributed by atoms with van der Waals surface area (Å²) in [5, 5.41) is 0. The van der Waals surface area contributed by atoms with E-state index in [0.29, 0.717) is 31.0 Å². The molecule has 0 saturated carbocycles. The first kappa shape index (κ1) is 12.3. The second-order valence-electron chi connectivity index (χ2n) is 4.33. The maximum absolute atomic E-state index is 12.1. The van der Waals surface area contributed by atoms with Crippen LogP contribution in [0.25, 0.3) is 0 Å². The van der Waals surface area contributed by atoms with E-state index >= 15 is 0 Å². The summed E-state index contributed by atoms with van der Waals surface area (Å²) in [6.07, 6.45) is 0.458. The lowest BCUT2D eigenvalue weighted by atomic mass is 10.1. The molecule has 92 valence electrons. The van der Waals surface area contributed by atoms with Gasteiger partial charge in [0.1, 0.15) is 0 Å². The molecule has 0 atom stereocenters. The fourth-order valence-electron chi connectivity index (χ4n) is 1.97. The average Bonchev–Trinajstić information content (AvgIpc) is 2.33. The number of carbonyl (C=O) groups excluding carboxylic acids is 1. The maximum Gasteiger partial charge on any atom is 0.227 e. The number of hydrogen-bond acceptors (Lipinski definition) is 2. The van der Waals surface area contributed by atoms with Gasteiger partial charge in [0.2, 0.25) is 5.91 Å². The summed E-state index contributed by atoms with van der Waals surface area (Å²) >= 11 is 0. The first-order valence-electron chi connectivity index (χ1n) is 5.84. The van der Waals surface area contributed by atoms with E-state index in [0.717, 1.165) is 11.1 Å². The largest absolute Gasteiger partial charge is 0.341 e. The van der Waals surface area contributed by atoms with E-state index in [1.807, 2.05) is 36.1 Å². The van der Waals surface area contributed by atoms with E-state index in [2.05, 4.69) is 0 Å². The molecule has 1 aliphatic rings. The molecule has 0 unspecified atom stereocenters. The lowest BCUT2D eigenvalue weighted by Crippen LogP contribution is -2.42. The third kappa shape index (κ3) is 3.16. The zero-order chi connectivity index (χ0) is 12.3. The van der Waals surface area contributed by atoms with Gasteiger partial charge in [-0.15, -0.1) is 0 Å². The molecule has 1 fully saturated rings. The number of aryl methyl sites for hydroxylation is 1. The molecule has 1 aromatic carbocycles. The van der Waals surface area contributed by atoms with Gasteiger partial charge in [-0.1, -0.05) is 24.3 Å². The summed E-state index contributed by atoms with van der Waals surface area (Å²) < 4.78 is 11.2. The molecule has 1 heterocycles. The normalized spacial score (nSPS) is 17.1. The first-order chi connectivity index (χ1) is 8.16. The zero-order valence-corrected chi connectivity index (χ0v) is 10.8. The van der Waals surface area contributed by atoms with Crippen molar-refractivity contribution in [3.63, 3.8) is 0 Å². The van der Waals surface area contributed by atoms with Gasteiger partial charge in [0, 0.05) is 35.4 Å². The van der Waals surface area contributed by atoms with Gasteiger partial charge in [-0.05, 0) is 18.1 Å². The molecule has 2 rings (SSSR count). The Labute approximate surface area is 104 Å². The minimum atomic E-state index is -0.722. The Kier molecular flexibility index (Phi) is 3.94. The molecule has 0 N–H and O–H groups in total. The van der Waals surface area contributed by atoms with E-state index in [-0.39, 0.29) is 5.91 Å². The van der Waals surface area contributed by atoms with Crippen LogP contribution in [0.3, 0.4) is 0 Å². The van der Waals surface area contributed by atoms with Crippen LogP contribution >= 0.6 is 0 Å². The molecular formula is C13H17NO2S. The van der Waals surface area contributed by atoms with Crippen LogP contribution in [0.4, 0.5) is 0 Å². The van der Waals surface area contributed by atoms with Crippen molar-refractivity contribution in [3.05, 3.63) is 35.4 Å². The molecule has 0 spiro atoms. The van der Waals surface area contributed by atoms with Crippen LogP contribution in [0.2, 0.25) is 0 Å². The summed E-state index contributed by atoms with van der Waals surface area (Å²) in [6, 6.07) is 7.96. The predicted octanol–water partition coefficient (Wildman–Crippen LogP) is 1.13. The summed E-state index contributed by atoms with van der Waals surface area (Å²) in [7, 11) is -0.722. The summed E-state index contributed by atoms with van der Waals surface area (Å²) in [6.45, 7) is 3.29. The summed E-state index contributed by atoms with van der Waals surface area (Å²) in [5.74, 6) is 1.40. The van der Waals surface area contributed by atoms with Crippen LogP contribution in [0.5, 0.6) is 0 Å². The second-order valence-corrected chi connectivity index (χ2v) is 6.03. The first-order valence-corrected chi connectivity index (χ1v) is 7.33. The third-order valence-electron chi connectivity index (χ3n) is 3.13. The molecular weight excluding hydrogens is 234 g/mol. The summed E-state index contributed by atoms with van der Waals surface area (Å²) in [5.41, 5.74) is 2.24. The van der Waals surface area contributed by atoms with Gasteiger partial charge in [-0.25, -0.2) is 0 Å². The van der Waals surface area contributed by atoms with E-state index in [1.54, 1.807) is 0 Å². The van der Waals surface area contributed by atoms with E-state index in [4.69, 9.17) is 0 Å². The van der Waals surface area contributed by atoms with Crippen LogP contribution < -0.4 is 0 Å². The van der Waals surface area contributed by atoms with Crippen LogP contribution in [-0.2, 0) is 22.0 Å². The van der Waals surface area contributed by atoms with Crippen molar-refractivity contribution >= 4 is 16.7 Å². The SMILES string of the molecule is Cc1ccccc1CC(=O)N1CCS(=O)CC1. The average molecular weight is 251 g/mol. The number of amides is 1. The third-order valence-corrected chi connectivity index (χ3v) is 4.41. The molecule has 1 aliphatic heterocycles. The smallest absolute Gasteiger partial charge is 0.227 e. The number of nitrogens with zero attached hydrogens (tertiary/aromatic N) is 1. The Morgan fingerprint density at radius 2 is 1.94 bits per heavy atom. The summed E-state index contributed by atoms with van der Waals surface area (Å²) in [4.78, 5) is 13.9. The van der Waals surface area contributed by atoms with Crippen molar-refractivity contribution in [3.8, 4) is 0 Å². The Balaban J connectivity index is 1.98. The Morgan fingerprint density at radius 3 is 2.59 bits per heavy atom. The molecule has 1 aromatic rings. The van der Waals surface area contributed by atoms with E-state index in [9.17, 15) is 9.00 Å². The molecule has 1 saturated heterocycles. The second kappa shape index (κ2) is 5.45. The van der Waals surface area contributed by atoms with Gasteiger partial charge < -0.3 is 4.90 Å². The Morgan fingerprint density at radius 1 is 1.29 bits per heavy atom. The standard InChI is InChI=1S/C13H17NO2S/c1-11-4-2-3-5-12(11)10-13(15)14-6-8-17(16)9-7-14/h2-5H,6-10H2,1H3. The van der Waals surface area contributed by atoms with Gasteiger partial charge >= 0.3 is 0 Å². The van der Waals surface area contributed by atoms with Crippen molar-refractivity contribution in [2.75, 3.05) is 24.6 Å². The highest BCUT2D eigenvalue weighted by Gasteiger charge is 2.20. The lowest BCUT2D eigenvalue weighted by Gasteiger charge is -2.26. The van der Waals surface area contributed by atoms with Crippen molar-refractivity contribution in [1.82, 2.24) is 4.90 Å². The van der Waals surface area contributed by atoms with Crippen molar-refractivity contribution in [2.45, 2.75) is 13.3 Å². The lowest BCUT2D eigenvalue weighted by molar-refractivity contribution is -0.130. The molecule has 0 bridgehead atoms. The highest BCUT2D eigenvalue weighted by atomic mass is 32.2. The number of carbonyl (C=O) groups is 1. The monoisotopic (exact) mass is 251 g/mol. The number of hydrogen-bond donors (Lipinski definition) is 0. The highest BCUT2D eigenvalue weighted by molar-refractivity contribution is 7.85. The van der Waals surface area contributed by atoms with Gasteiger partial charge in [0.05, 0.1) is 6.42 Å². The van der Waals surface area contributed by atoms with Crippen molar-refractivity contribution in [2.24, 2.45) is 0 Å². The predicted molar refractivity (Wildman–Crippen MR) is 69.3 cm³/mol. The van der Waals surface area contributed by atoms with Crippen LogP contribution in [0.15, 0.2) is 24.3 Å². The Hall–Kier alpha value is -1.16. The zero-order valence-electron chi connectivity index (χ0n) is 10.0. The van der Waals surface area contributed by atoms with Gasteiger partial charge in [-0.3, -0.25) is 9.00 Å². The molecule has 0 radical (unpaired) electrons. The van der Waals surface area contributed by atoms with Gasteiger partial charge in [0.15, 0.2) is 0 Å². The number of benzene rings is 1. The minimum absolute atomic E-state index is 0.149. The molecule has 0 aromatic heterocycles. The molecule has 17 heavy (non-hydrogen) atoms. The number of rotatable bonds is 2. The molecule has 1 amide bonds. The van der Waals surface area contributed by atoms with Crippen molar-refractivity contribution in [1.29, 1.82) is 0 Å². The maximum atomic E-state index is 12.1. The molecule has 4 heteroatoms. The molecule has 0 aliphatic carbocycles. The van der Waals surface area contributed by atoms with Crippen LogP contribution in [-0.4, -0.2) is 39.6 Å². The Bertz CT molecular complexity index is 435. The highest BCUT2D eigenvalue weighted by Crippen LogP contribution is 2.10. The van der Waals surface area contributed by atoms with Crippen molar-refractivity contribution < 1.29 is 9.00 Å². The van der Waals surface area contributed by atoms with Crippen LogP contribution in [0, 0.1) is 6.92 Å². The van der Waals surface area contributed by atoms with Gasteiger partial charge in [0.25, 0.3) is 0 Å². The van der Waals surface area contributed by atoms with Crippen LogP contribution in [0.1, 0.15) is 11.1 Å². The fraction of sp³-hybridized carbons (Fsp3) is 0.462. The fourth-order valence-corrected chi connectivity index (χ4v) is 3.02. The minimum Gasteiger partial charge on any atom is -0.341 e. The quantitative estimate of drug-likeness (QED) is 0.790. The van der Waals surface area contributed by atoms with E-state index < -0.39 is 10.8 Å². The van der Waals surface area contributed by atoms with Gasteiger partial charge in [-0.2, -0.15) is 0 Å². The van der Waals surface area contributed by atoms with E-state index in [1.165, 1.54) is 0 Å².